The standard InChI is InChI=1S/4C21H28O5/c4*1-19-8-7-14-20(2,15(19)10-13(22)11-19)17(24)9-12-5-4-6-16(23)21(12,14)18(25)26-3/h4*12,14-15H,4-11H2,1-3H3/t4*12-,14-,15+,19-,20-,21+/m1000/s1. The molecule has 0 unspecified atom stereocenters. The van der Waals surface area contributed by atoms with Crippen LogP contribution in [0.15, 0.2) is 0 Å². The number of ketones is 12. The van der Waals surface area contributed by atoms with Gasteiger partial charge in [0.25, 0.3) is 0 Å². The molecule has 0 N–H and O–H groups in total. The summed E-state index contributed by atoms with van der Waals surface area (Å²) in [5, 5.41) is 0. The van der Waals surface area contributed by atoms with Crippen LogP contribution in [0.1, 0.15) is 261 Å². The third-order valence-corrected chi connectivity index (χ3v) is 34.0. The maximum absolute atomic E-state index is 13.4. The molecule has 0 radical (unpaired) electrons. The van der Waals surface area contributed by atoms with Crippen molar-refractivity contribution in [3.8, 4) is 0 Å². The van der Waals surface area contributed by atoms with E-state index in [1.165, 1.54) is 28.4 Å². The molecule has 0 aromatic heterocycles. The Balaban J connectivity index is 0.000000123. The van der Waals surface area contributed by atoms with E-state index < -0.39 is 67.2 Å². The van der Waals surface area contributed by atoms with Gasteiger partial charge in [-0.25, -0.2) is 0 Å². The molecule has 24 atom stereocenters. The highest BCUT2D eigenvalue weighted by Crippen LogP contribution is 2.75. The summed E-state index contributed by atoms with van der Waals surface area (Å²) in [7, 11) is 5.37. The van der Waals surface area contributed by atoms with Gasteiger partial charge >= 0.3 is 23.9 Å². The van der Waals surface area contributed by atoms with Crippen LogP contribution in [-0.4, -0.2) is 122 Å². The van der Waals surface area contributed by atoms with E-state index in [0.29, 0.717) is 103 Å². The first kappa shape index (κ1) is 76.1. The lowest BCUT2D eigenvalue weighted by atomic mass is 9.39. The molecule has 20 heteroatoms. The monoisotopic (exact) mass is 1440 g/mol. The Bertz CT molecular complexity index is 3280. The molecule has 20 nitrogen and oxygen atoms in total. The molecule has 0 aliphatic heterocycles. The summed E-state index contributed by atoms with van der Waals surface area (Å²) in [6.07, 6.45) is 17.7. The molecule has 0 aromatic rings. The third-order valence-electron chi connectivity index (χ3n) is 34.0. The van der Waals surface area contributed by atoms with Gasteiger partial charge in [0.05, 0.1) is 28.4 Å². The van der Waals surface area contributed by atoms with Gasteiger partial charge in [-0.2, -0.15) is 0 Å². The summed E-state index contributed by atoms with van der Waals surface area (Å²) in [6.45, 7) is 16.2. The molecule has 0 saturated heterocycles. The first-order chi connectivity index (χ1) is 48.8. The van der Waals surface area contributed by atoms with Crippen LogP contribution < -0.4 is 0 Å². The molecule has 0 amide bonds. The molecule has 0 spiro atoms. The lowest BCUT2D eigenvalue weighted by molar-refractivity contribution is -0.199. The van der Waals surface area contributed by atoms with Crippen molar-refractivity contribution in [1.29, 1.82) is 0 Å². The maximum Gasteiger partial charge on any atom is 0.319 e. The van der Waals surface area contributed by atoms with E-state index in [1.807, 2.05) is 27.7 Å². The minimum absolute atomic E-state index is 0.0442. The largest absolute Gasteiger partial charge is 0.468 e. The van der Waals surface area contributed by atoms with Crippen LogP contribution in [-0.2, 0) is 95.7 Å². The Morgan fingerprint density at radius 2 is 0.442 bits per heavy atom. The van der Waals surface area contributed by atoms with Gasteiger partial charge in [0.2, 0.25) is 0 Å². The van der Waals surface area contributed by atoms with Gasteiger partial charge in [-0.05, 0) is 195 Å². The zero-order valence-electron chi connectivity index (χ0n) is 63.7. The van der Waals surface area contributed by atoms with Gasteiger partial charge in [0.1, 0.15) is 67.9 Å². The summed E-state index contributed by atoms with van der Waals surface area (Å²) in [4.78, 5) is 208. The van der Waals surface area contributed by atoms with Gasteiger partial charge in [-0.1, -0.05) is 55.4 Å². The van der Waals surface area contributed by atoms with Crippen molar-refractivity contribution >= 4 is 93.3 Å². The van der Waals surface area contributed by atoms with E-state index in [9.17, 15) is 76.7 Å². The molecule has 568 valence electrons. The highest BCUT2D eigenvalue weighted by atomic mass is 16.5. The van der Waals surface area contributed by atoms with E-state index >= 15 is 0 Å². The molecule has 16 aliphatic rings. The van der Waals surface area contributed by atoms with Gasteiger partial charge < -0.3 is 18.9 Å². The normalized spacial score (nSPS) is 47.8. The number of methoxy groups -OCH3 is 4. The Labute approximate surface area is 611 Å². The summed E-state index contributed by atoms with van der Waals surface area (Å²) in [5.74, 6) is -3.26. The fraction of sp³-hybridized carbons (Fsp3) is 0.810. The second-order valence-electron chi connectivity index (χ2n) is 38.0. The van der Waals surface area contributed by atoms with E-state index in [0.717, 1.165) is 77.0 Å². The van der Waals surface area contributed by atoms with Crippen molar-refractivity contribution in [1.82, 2.24) is 0 Å². The van der Waals surface area contributed by atoms with Crippen molar-refractivity contribution in [2.24, 2.45) is 136 Å². The molecule has 0 bridgehead atoms. The van der Waals surface area contributed by atoms with Crippen LogP contribution >= 0.6 is 0 Å². The summed E-state index contributed by atoms with van der Waals surface area (Å²) < 4.78 is 20.7. The Hall–Kier alpha value is -6.08. The number of carbonyl (C=O) groups is 16. The van der Waals surface area contributed by atoms with Gasteiger partial charge in [0, 0.05) is 124 Å². The molecule has 0 aromatic carbocycles. The first-order valence-electron chi connectivity index (χ1n) is 39.5. The average Bonchev–Trinajstić information content (AvgIpc) is 1.69. The molecular formula is C84H112O20. The van der Waals surface area contributed by atoms with E-state index in [-0.39, 0.29) is 188 Å². The van der Waals surface area contributed by atoms with Crippen LogP contribution in [0.4, 0.5) is 0 Å². The zero-order chi connectivity index (χ0) is 75.6. The molecule has 16 aliphatic carbocycles. The second-order valence-corrected chi connectivity index (χ2v) is 38.0. The van der Waals surface area contributed by atoms with E-state index in [1.54, 1.807) is 0 Å². The maximum atomic E-state index is 13.4. The minimum Gasteiger partial charge on any atom is -0.468 e. The molecule has 16 saturated carbocycles. The Kier molecular flexibility index (Phi) is 18.9. The van der Waals surface area contributed by atoms with Crippen molar-refractivity contribution < 1.29 is 95.7 Å². The Morgan fingerprint density at radius 3 is 0.615 bits per heavy atom. The smallest absolute Gasteiger partial charge is 0.319 e. The second kappa shape index (κ2) is 25.8. The van der Waals surface area contributed by atoms with Crippen molar-refractivity contribution in [2.45, 2.75) is 261 Å². The lowest BCUT2D eigenvalue weighted by Gasteiger charge is -2.62. The number of carbonyl (C=O) groups excluding carboxylic acids is 16. The number of ether oxygens (including phenoxy) is 4. The van der Waals surface area contributed by atoms with E-state index in [2.05, 4.69) is 27.7 Å². The SMILES string of the molecule is COC(=O)[C@@]12C(=O)CCC[C@@H]1CC(=O)[C@]1(C)[C@H]2CC[C@]2(C)CC(=O)C[C@@H]21.COC(=O)[C@]12C(=O)CCC[C@H]1CC(=O)[C@]1(C)[C@@H]3CC(=O)C[C@]3(C)CC[C@@H]12.COC(=O)[C@]12C(=O)CCC[C@H]1CC(=O)[C@]1(C)[C@@H]3CC(=O)C[C@]3(C)CC[C@@H]12.COC(=O)[C@]12C(=O)CCC[C@H]1CC(=O)[C@]1(C)[C@@H]3CC(=O)C[C@]3(C)CC[C@@H]12. The Morgan fingerprint density at radius 1 is 0.260 bits per heavy atom. The van der Waals surface area contributed by atoms with Crippen LogP contribution in [0.3, 0.4) is 0 Å². The fourth-order valence-corrected chi connectivity index (χ4v) is 29.5. The molecule has 0 heterocycles. The highest BCUT2D eigenvalue weighted by Gasteiger charge is 2.78. The number of rotatable bonds is 4. The number of fused-ring (bicyclic) bond motifs is 20. The summed E-state index contributed by atoms with van der Waals surface area (Å²) in [6, 6.07) is 0. The first-order valence-corrected chi connectivity index (χ1v) is 39.5. The van der Waals surface area contributed by atoms with Crippen molar-refractivity contribution in [3.05, 3.63) is 0 Å². The summed E-state index contributed by atoms with van der Waals surface area (Å²) >= 11 is 0. The van der Waals surface area contributed by atoms with Gasteiger partial charge in [-0.15, -0.1) is 0 Å². The van der Waals surface area contributed by atoms with Gasteiger partial charge in [0.15, 0.2) is 23.1 Å². The van der Waals surface area contributed by atoms with Crippen LogP contribution in [0, 0.1) is 136 Å². The van der Waals surface area contributed by atoms with Gasteiger partial charge in [-0.3, -0.25) is 76.7 Å². The molecule has 104 heavy (non-hydrogen) atoms. The van der Waals surface area contributed by atoms with Crippen LogP contribution in [0.2, 0.25) is 0 Å². The number of Topliss-reactive ketones (excluding diaryl/α,β-unsaturated/α-hetero) is 12. The van der Waals surface area contributed by atoms with Crippen molar-refractivity contribution in [2.75, 3.05) is 28.4 Å². The van der Waals surface area contributed by atoms with Crippen molar-refractivity contribution in [3.63, 3.8) is 0 Å². The van der Waals surface area contributed by atoms with Crippen LogP contribution in [0.5, 0.6) is 0 Å². The fourth-order valence-electron chi connectivity index (χ4n) is 29.5. The predicted molar refractivity (Wildman–Crippen MR) is 372 cm³/mol. The number of hydrogen-bond acceptors (Lipinski definition) is 20. The van der Waals surface area contributed by atoms with Crippen LogP contribution in [0.25, 0.3) is 0 Å². The third kappa shape index (κ3) is 10.0. The highest BCUT2D eigenvalue weighted by molar-refractivity contribution is 6.11. The lowest BCUT2D eigenvalue weighted by Crippen LogP contribution is -2.67. The van der Waals surface area contributed by atoms with E-state index in [4.69, 9.17) is 18.9 Å². The quantitative estimate of drug-likeness (QED) is 0.143. The molecule has 16 rings (SSSR count). The molecule has 16 fully saturated rings. The number of esters is 4. The predicted octanol–water partition coefficient (Wildman–Crippen LogP) is 11.6. The molecular weight excluding hydrogens is 1330 g/mol. The number of hydrogen-bond donors (Lipinski definition) is 0. The average molecular weight is 1440 g/mol. The minimum atomic E-state index is -1.19. The summed E-state index contributed by atoms with van der Waals surface area (Å²) in [5.41, 5.74) is -8.72. The topological polar surface area (TPSA) is 310 Å². The zero-order valence-corrected chi connectivity index (χ0v) is 63.7.